The van der Waals surface area contributed by atoms with Gasteiger partial charge in [0.05, 0.1) is 12.3 Å². The molecule has 0 saturated carbocycles. The number of hydrogen-bond donors (Lipinski definition) is 2. The molecule has 2 N–H and O–H groups in total. The normalized spacial score (nSPS) is 11.5. The molecule has 0 atom stereocenters. The minimum Gasteiger partial charge on any atom is -0.508 e. The van der Waals surface area contributed by atoms with Gasteiger partial charge in [0.1, 0.15) is 21.6 Å². The van der Waals surface area contributed by atoms with Crippen LogP contribution in [0.2, 0.25) is 0 Å². The van der Waals surface area contributed by atoms with Gasteiger partial charge < -0.3 is 9.84 Å². The molecule has 0 unspecified atom stereocenters. The van der Waals surface area contributed by atoms with E-state index < -0.39 is 21.7 Å². The van der Waals surface area contributed by atoms with Crippen molar-refractivity contribution in [2.45, 2.75) is 10.8 Å². The number of thiophene rings is 1. The molecule has 0 aliphatic rings. The van der Waals surface area contributed by atoms with E-state index in [1.807, 2.05) is 0 Å². The zero-order chi connectivity index (χ0) is 19.6. The van der Waals surface area contributed by atoms with Gasteiger partial charge in [-0.2, -0.15) is 0 Å². The smallest absolute Gasteiger partial charge is 0.271 e. The Labute approximate surface area is 158 Å². The Morgan fingerprint density at radius 3 is 2.59 bits per heavy atom. The van der Waals surface area contributed by atoms with Crippen molar-refractivity contribution in [3.63, 3.8) is 0 Å². The van der Waals surface area contributed by atoms with Gasteiger partial charge in [-0.15, -0.1) is 11.3 Å². The molecule has 0 aliphatic heterocycles. The first kappa shape index (κ1) is 19.3. The highest BCUT2D eigenvalue weighted by molar-refractivity contribution is 7.94. The maximum Gasteiger partial charge on any atom is 0.271 e. The maximum atomic E-state index is 13.9. The number of nitrogens with one attached hydrogen (secondary N) is 1. The number of hydrogen-bond acceptors (Lipinski definition) is 5. The van der Waals surface area contributed by atoms with Gasteiger partial charge in [0.15, 0.2) is 0 Å². The van der Waals surface area contributed by atoms with Crippen LogP contribution in [0, 0.1) is 11.6 Å². The van der Waals surface area contributed by atoms with Crippen LogP contribution in [0.15, 0.2) is 52.7 Å². The zero-order valence-corrected chi connectivity index (χ0v) is 15.7. The first-order valence-electron chi connectivity index (χ1n) is 7.69. The largest absolute Gasteiger partial charge is 0.508 e. The molecule has 3 aromatic rings. The molecular weight excluding hydrogens is 396 g/mol. The van der Waals surface area contributed by atoms with Crippen LogP contribution in [0.4, 0.5) is 14.5 Å². The molecule has 1 heterocycles. The lowest BCUT2D eigenvalue weighted by atomic mass is 10.2. The van der Waals surface area contributed by atoms with Gasteiger partial charge in [-0.25, -0.2) is 17.2 Å². The summed E-state index contributed by atoms with van der Waals surface area (Å²) in [6, 6.07) is 10.0. The van der Waals surface area contributed by atoms with Crippen molar-refractivity contribution in [3.8, 4) is 16.2 Å². The third-order valence-electron chi connectivity index (χ3n) is 3.68. The lowest BCUT2D eigenvalue weighted by Crippen LogP contribution is -2.11. The Morgan fingerprint density at radius 1 is 1.11 bits per heavy atom. The van der Waals surface area contributed by atoms with Crippen molar-refractivity contribution in [1.82, 2.24) is 0 Å². The van der Waals surface area contributed by atoms with E-state index in [1.165, 1.54) is 31.4 Å². The second kappa shape index (κ2) is 7.63. The zero-order valence-electron chi connectivity index (χ0n) is 14.1. The summed E-state index contributed by atoms with van der Waals surface area (Å²) in [6.45, 7) is 0.187. The summed E-state index contributed by atoms with van der Waals surface area (Å²) in [5, 5.41) is 9.91. The molecule has 0 spiro atoms. The molecule has 9 heteroatoms. The van der Waals surface area contributed by atoms with E-state index in [9.17, 15) is 22.3 Å². The number of methoxy groups -OCH3 is 1. The number of phenolic OH excluding ortho intramolecular Hbond substituents is 1. The molecule has 0 amide bonds. The number of ether oxygens (including phenoxy) is 1. The first-order chi connectivity index (χ1) is 12.8. The Balaban J connectivity index is 1.87. The summed E-state index contributed by atoms with van der Waals surface area (Å²) in [4.78, 5) is 0.283. The Hall–Kier alpha value is -2.49. The Kier molecular flexibility index (Phi) is 5.45. The number of rotatable bonds is 6. The molecule has 5 nitrogen and oxygen atoms in total. The Bertz CT molecular complexity index is 1080. The van der Waals surface area contributed by atoms with E-state index in [0.29, 0.717) is 5.56 Å². The van der Waals surface area contributed by atoms with Crippen LogP contribution in [-0.2, 0) is 21.4 Å². The number of sulfonamides is 1. The van der Waals surface area contributed by atoms with Crippen molar-refractivity contribution in [1.29, 1.82) is 0 Å². The second-order valence-corrected chi connectivity index (χ2v) is 8.62. The number of halogens is 2. The maximum absolute atomic E-state index is 13.9. The average Bonchev–Trinajstić information content (AvgIpc) is 3.10. The minimum atomic E-state index is -3.96. The standard InChI is InChI=1S/C18H15F2NO4S2/c1-25-10-11-2-4-13(9-16(11)22)21-27(23,24)18-7-6-17(26-18)14-8-12(19)3-5-15(14)20/h2-9,21-22H,10H2,1H3. The van der Waals surface area contributed by atoms with Gasteiger partial charge in [-0.1, -0.05) is 6.07 Å². The third-order valence-corrected chi connectivity index (χ3v) is 6.67. The van der Waals surface area contributed by atoms with Crippen molar-refractivity contribution in [2.24, 2.45) is 0 Å². The summed E-state index contributed by atoms with van der Waals surface area (Å²) in [6.07, 6.45) is 0. The fourth-order valence-corrected chi connectivity index (χ4v) is 4.78. The molecule has 0 aliphatic carbocycles. The van der Waals surface area contributed by atoms with E-state index in [4.69, 9.17) is 4.74 Å². The van der Waals surface area contributed by atoms with Gasteiger partial charge in [0.25, 0.3) is 10.0 Å². The third kappa shape index (κ3) is 4.26. The van der Waals surface area contributed by atoms with Crippen molar-refractivity contribution >= 4 is 27.0 Å². The monoisotopic (exact) mass is 411 g/mol. The predicted molar refractivity (Wildman–Crippen MR) is 99.3 cm³/mol. The number of aromatic hydroxyl groups is 1. The molecule has 0 radical (unpaired) electrons. The fraction of sp³-hybridized carbons (Fsp3) is 0.111. The van der Waals surface area contributed by atoms with Crippen LogP contribution in [0.1, 0.15) is 5.56 Å². The molecule has 1 aromatic heterocycles. The first-order valence-corrected chi connectivity index (χ1v) is 9.99. The fourth-order valence-electron chi connectivity index (χ4n) is 2.41. The summed E-state index contributed by atoms with van der Waals surface area (Å²) in [5.74, 6) is -1.37. The average molecular weight is 411 g/mol. The molecule has 2 aromatic carbocycles. The van der Waals surface area contributed by atoms with Gasteiger partial charge in [-0.3, -0.25) is 4.72 Å². The van der Waals surface area contributed by atoms with E-state index in [-0.39, 0.29) is 32.7 Å². The molecular formula is C18H15F2NO4S2. The quantitative estimate of drug-likeness (QED) is 0.633. The molecule has 27 heavy (non-hydrogen) atoms. The van der Waals surface area contributed by atoms with Gasteiger partial charge in [0, 0.05) is 29.2 Å². The number of phenols is 1. The van der Waals surface area contributed by atoms with Crippen LogP contribution >= 0.6 is 11.3 Å². The van der Waals surface area contributed by atoms with Gasteiger partial charge in [-0.05, 0) is 36.4 Å². The summed E-state index contributed by atoms with van der Waals surface area (Å²) < 4.78 is 59.6. The van der Waals surface area contributed by atoms with E-state index in [1.54, 1.807) is 6.07 Å². The highest BCUT2D eigenvalue weighted by atomic mass is 32.2. The molecule has 0 saturated heterocycles. The van der Waals surface area contributed by atoms with Crippen LogP contribution < -0.4 is 4.72 Å². The number of anilines is 1. The predicted octanol–water partition coefficient (Wildman–Crippen LogP) is 4.35. The summed E-state index contributed by atoms with van der Waals surface area (Å²) >= 11 is 0.811. The van der Waals surface area contributed by atoms with Crippen LogP contribution in [0.5, 0.6) is 5.75 Å². The lowest BCUT2D eigenvalue weighted by molar-refractivity contribution is 0.182. The summed E-state index contributed by atoms with van der Waals surface area (Å²) in [5.41, 5.74) is 0.669. The molecule has 142 valence electrons. The van der Waals surface area contributed by atoms with Crippen LogP contribution in [-0.4, -0.2) is 20.6 Å². The highest BCUT2D eigenvalue weighted by Crippen LogP contribution is 2.34. The molecule has 0 bridgehead atoms. The Morgan fingerprint density at radius 2 is 1.89 bits per heavy atom. The van der Waals surface area contributed by atoms with Crippen LogP contribution in [0.3, 0.4) is 0 Å². The summed E-state index contributed by atoms with van der Waals surface area (Å²) in [7, 11) is -2.48. The van der Waals surface area contributed by atoms with Crippen molar-refractivity contribution in [2.75, 3.05) is 11.8 Å². The second-order valence-electron chi connectivity index (χ2n) is 5.62. The van der Waals surface area contributed by atoms with E-state index in [0.717, 1.165) is 29.5 Å². The van der Waals surface area contributed by atoms with E-state index in [2.05, 4.69) is 4.72 Å². The van der Waals surface area contributed by atoms with Crippen molar-refractivity contribution in [3.05, 3.63) is 65.7 Å². The van der Waals surface area contributed by atoms with Crippen molar-refractivity contribution < 1.29 is 27.0 Å². The molecule has 0 fully saturated rings. The highest BCUT2D eigenvalue weighted by Gasteiger charge is 2.19. The SMILES string of the molecule is COCc1ccc(NS(=O)(=O)c2ccc(-c3cc(F)ccc3F)s2)cc1O. The topological polar surface area (TPSA) is 75.6 Å². The van der Waals surface area contributed by atoms with Crippen LogP contribution in [0.25, 0.3) is 10.4 Å². The number of benzene rings is 2. The van der Waals surface area contributed by atoms with Gasteiger partial charge in [0.2, 0.25) is 0 Å². The lowest BCUT2D eigenvalue weighted by Gasteiger charge is -2.09. The van der Waals surface area contributed by atoms with E-state index >= 15 is 0 Å². The van der Waals surface area contributed by atoms with Gasteiger partial charge >= 0.3 is 0 Å². The minimum absolute atomic E-state index is 0.0111. The molecule has 3 rings (SSSR count).